The fourth-order valence-electron chi connectivity index (χ4n) is 3.19. The third kappa shape index (κ3) is 3.24. The van der Waals surface area contributed by atoms with Gasteiger partial charge in [-0.3, -0.25) is 9.89 Å². The molecule has 7 heteroatoms. The number of amides is 1. The van der Waals surface area contributed by atoms with Gasteiger partial charge < -0.3 is 14.4 Å². The molecule has 0 radical (unpaired) electrons. The molecule has 1 N–H and O–H groups in total. The van der Waals surface area contributed by atoms with Crippen LogP contribution >= 0.6 is 0 Å². The number of carbonyl (C=O) groups is 2. The molecule has 3 rings (SSSR count). The van der Waals surface area contributed by atoms with Crippen LogP contribution in [0.1, 0.15) is 61.7 Å². The minimum absolute atomic E-state index is 0.109. The van der Waals surface area contributed by atoms with Gasteiger partial charge in [-0.1, -0.05) is 0 Å². The molecular formula is C16H23N3O4. The Labute approximate surface area is 135 Å². The molecule has 1 amide bonds. The van der Waals surface area contributed by atoms with E-state index >= 15 is 0 Å². The fourth-order valence-corrected chi connectivity index (χ4v) is 3.19. The van der Waals surface area contributed by atoms with E-state index in [2.05, 4.69) is 10.2 Å². The Hall–Kier alpha value is -1.89. The molecule has 23 heavy (non-hydrogen) atoms. The van der Waals surface area contributed by atoms with E-state index < -0.39 is 12.1 Å². The second-order valence-corrected chi connectivity index (χ2v) is 6.36. The molecule has 3 heterocycles. The topological polar surface area (TPSA) is 84.5 Å². The molecule has 0 bridgehead atoms. The third-order valence-electron chi connectivity index (χ3n) is 4.44. The van der Waals surface area contributed by atoms with E-state index in [1.54, 1.807) is 4.90 Å². The van der Waals surface area contributed by atoms with Gasteiger partial charge >= 0.3 is 5.97 Å². The average Bonchev–Trinajstić information content (AvgIpc) is 3.19. The Balaban J connectivity index is 1.70. The van der Waals surface area contributed by atoms with Gasteiger partial charge in [0.2, 0.25) is 0 Å². The number of hydrogen-bond acceptors (Lipinski definition) is 5. The van der Waals surface area contributed by atoms with E-state index in [9.17, 15) is 9.59 Å². The Morgan fingerprint density at radius 3 is 2.96 bits per heavy atom. The van der Waals surface area contributed by atoms with Crippen molar-refractivity contribution in [1.29, 1.82) is 0 Å². The van der Waals surface area contributed by atoms with Crippen LogP contribution in [0.4, 0.5) is 0 Å². The van der Waals surface area contributed by atoms with E-state index in [0.717, 1.165) is 25.8 Å². The van der Waals surface area contributed by atoms with Crippen molar-refractivity contribution < 1.29 is 19.1 Å². The summed E-state index contributed by atoms with van der Waals surface area (Å²) < 4.78 is 11.1. The molecular weight excluding hydrogens is 298 g/mol. The van der Waals surface area contributed by atoms with Gasteiger partial charge in [0.05, 0.1) is 18.0 Å². The molecule has 2 saturated heterocycles. The van der Waals surface area contributed by atoms with Crippen LogP contribution in [0.5, 0.6) is 0 Å². The third-order valence-corrected chi connectivity index (χ3v) is 4.44. The predicted octanol–water partition coefficient (Wildman–Crippen LogP) is 1.82. The maximum atomic E-state index is 12.5. The first-order chi connectivity index (χ1) is 11.1. The first kappa shape index (κ1) is 16.0. The number of piperidine rings is 1. The number of esters is 1. The number of nitrogens with one attached hydrogen (secondary N) is 1. The maximum Gasteiger partial charge on any atom is 0.342 e. The summed E-state index contributed by atoms with van der Waals surface area (Å²) in [7, 11) is 0. The number of H-pyrrole nitrogens is 1. The molecule has 2 fully saturated rings. The average molecular weight is 321 g/mol. The van der Waals surface area contributed by atoms with Crippen molar-refractivity contribution in [3.63, 3.8) is 0 Å². The zero-order valence-electron chi connectivity index (χ0n) is 13.6. The standard InChI is InChI=1S/C16H23N3O4/c1-10(2)19-7-3-5-13(15(19)20)23-16(21)11-9-17-18-14(11)12-6-4-8-22-12/h9-10,12-13H,3-8H2,1-2H3,(H,17,18). The van der Waals surface area contributed by atoms with Crippen LogP contribution in [0, 0.1) is 0 Å². The van der Waals surface area contributed by atoms with Gasteiger partial charge in [-0.2, -0.15) is 5.10 Å². The maximum absolute atomic E-state index is 12.5. The highest BCUT2D eigenvalue weighted by atomic mass is 16.5. The van der Waals surface area contributed by atoms with Crippen LogP contribution < -0.4 is 0 Å². The van der Waals surface area contributed by atoms with Gasteiger partial charge in [0.1, 0.15) is 5.56 Å². The largest absolute Gasteiger partial charge is 0.449 e. The lowest BCUT2D eigenvalue weighted by atomic mass is 10.1. The van der Waals surface area contributed by atoms with Crippen LogP contribution in [0.3, 0.4) is 0 Å². The lowest BCUT2D eigenvalue weighted by molar-refractivity contribution is -0.146. The second kappa shape index (κ2) is 6.70. The molecule has 2 aliphatic rings. The number of likely N-dealkylation sites (tertiary alicyclic amines) is 1. The predicted molar refractivity (Wildman–Crippen MR) is 81.8 cm³/mol. The smallest absolute Gasteiger partial charge is 0.342 e. The Bertz CT molecular complexity index is 578. The number of nitrogens with zero attached hydrogens (tertiary/aromatic N) is 2. The Morgan fingerprint density at radius 2 is 2.26 bits per heavy atom. The molecule has 7 nitrogen and oxygen atoms in total. The zero-order valence-corrected chi connectivity index (χ0v) is 13.6. The van der Waals surface area contributed by atoms with Crippen molar-refractivity contribution in [1.82, 2.24) is 15.1 Å². The summed E-state index contributed by atoms with van der Waals surface area (Å²) in [6.07, 6.45) is 3.83. The van der Waals surface area contributed by atoms with E-state index in [4.69, 9.17) is 9.47 Å². The number of ether oxygens (including phenoxy) is 2. The van der Waals surface area contributed by atoms with Crippen molar-refractivity contribution in [3.05, 3.63) is 17.5 Å². The lowest BCUT2D eigenvalue weighted by Gasteiger charge is -2.34. The molecule has 0 aliphatic carbocycles. The number of hydrogen-bond donors (Lipinski definition) is 1. The van der Waals surface area contributed by atoms with Crippen LogP contribution in [0.25, 0.3) is 0 Å². The summed E-state index contributed by atoms with van der Waals surface area (Å²) in [5.74, 6) is -0.616. The molecule has 2 unspecified atom stereocenters. The van der Waals surface area contributed by atoms with E-state index in [1.165, 1.54) is 6.20 Å². The van der Waals surface area contributed by atoms with Gasteiger partial charge in [-0.05, 0) is 39.5 Å². The Morgan fingerprint density at radius 1 is 1.43 bits per heavy atom. The number of aromatic amines is 1. The van der Waals surface area contributed by atoms with Gasteiger partial charge in [0.15, 0.2) is 6.10 Å². The quantitative estimate of drug-likeness (QED) is 0.855. The van der Waals surface area contributed by atoms with Crippen LogP contribution in [0.15, 0.2) is 6.20 Å². The summed E-state index contributed by atoms with van der Waals surface area (Å²) in [4.78, 5) is 26.6. The lowest BCUT2D eigenvalue weighted by Crippen LogP contribution is -2.49. The monoisotopic (exact) mass is 321 g/mol. The minimum Gasteiger partial charge on any atom is -0.449 e. The summed E-state index contributed by atoms with van der Waals surface area (Å²) in [6.45, 7) is 5.33. The summed E-state index contributed by atoms with van der Waals surface area (Å²) in [6, 6.07) is 0.111. The first-order valence-electron chi connectivity index (χ1n) is 8.24. The van der Waals surface area contributed by atoms with Gasteiger partial charge in [0.25, 0.3) is 5.91 Å². The highest BCUT2D eigenvalue weighted by molar-refractivity contribution is 5.93. The summed E-state index contributed by atoms with van der Waals surface area (Å²) in [5.41, 5.74) is 1.02. The zero-order chi connectivity index (χ0) is 16.4. The van der Waals surface area contributed by atoms with E-state index in [-0.39, 0.29) is 18.1 Å². The van der Waals surface area contributed by atoms with Gasteiger partial charge in [-0.15, -0.1) is 0 Å². The molecule has 0 aromatic carbocycles. The SMILES string of the molecule is CC(C)N1CCCC(OC(=O)c2cn[nH]c2C2CCCO2)C1=O. The molecule has 2 atom stereocenters. The van der Waals surface area contributed by atoms with Crippen LogP contribution in [-0.2, 0) is 14.3 Å². The molecule has 1 aromatic rings. The van der Waals surface area contributed by atoms with Crippen molar-refractivity contribution in [2.24, 2.45) is 0 Å². The molecule has 2 aliphatic heterocycles. The highest BCUT2D eigenvalue weighted by Gasteiger charge is 2.34. The van der Waals surface area contributed by atoms with E-state index in [1.807, 2.05) is 13.8 Å². The van der Waals surface area contributed by atoms with Crippen molar-refractivity contribution in [2.45, 2.75) is 57.8 Å². The highest BCUT2D eigenvalue weighted by Crippen LogP contribution is 2.30. The summed E-state index contributed by atoms with van der Waals surface area (Å²) >= 11 is 0. The molecule has 126 valence electrons. The normalized spacial score (nSPS) is 25.2. The van der Waals surface area contributed by atoms with E-state index in [0.29, 0.717) is 24.3 Å². The van der Waals surface area contributed by atoms with Crippen LogP contribution in [-0.4, -0.2) is 52.3 Å². The second-order valence-electron chi connectivity index (χ2n) is 6.36. The number of carbonyl (C=O) groups excluding carboxylic acids is 2. The van der Waals surface area contributed by atoms with Crippen LogP contribution in [0.2, 0.25) is 0 Å². The van der Waals surface area contributed by atoms with Gasteiger partial charge in [-0.25, -0.2) is 4.79 Å². The molecule has 0 spiro atoms. The number of aromatic nitrogens is 2. The minimum atomic E-state index is -0.703. The van der Waals surface area contributed by atoms with Crippen molar-refractivity contribution in [3.8, 4) is 0 Å². The van der Waals surface area contributed by atoms with Crippen molar-refractivity contribution >= 4 is 11.9 Å². The van der Waals surface area contributed by atoms with Crippen molar-refractivity contribution in [2.75, 3.05) is 13.2 Å². The number of rotatable bonds is 4. The first-order valence-corrected chi connectivity index (χ1v) is 8.24. The molecule has 0 saturated carbocycles. The fraction of sp³-hybridized carbons (Fsp3) is 0.688. The Kier molecular flexibility index (Phi) is 4.66. The molecule has 1 aromatic heterocycles. The van der Waals surface area contributed by atoms with Gasteiger partial charge in [0, 0.05) is 19.2 Å². The summed E-state index contributed by atoms with van der Waals surface area (Å²) in [5, 5.41) is 6.77.